The molecule has 0 saturated carbocycles. The topological polar surface area (TPSA) is 77.8 Å². The minimum Gasteiger partial charge on any atom is -0.477 e. The smallest absolute Gasteiger partial charge is 0.362 e. The molecule has 6 nitrogen and oxygen atoms in total. The summed E-state index contributed by atoms with van der Waals surface area (Å²) in [5.41, 5.74) is 0. The van der Waals surface area contributed by atoms with E-state index in [0.29, 0.717) is 13.1 Å². The van der Waals surface area contributed by atoms with Gasteiger partial charge in [-0.25, -0.2) is 15.2 Å². The Hall–Kier alpha value is -0.690. The molecule has 1 aliphatic rings. The van der Waals surface area contributed by atoms with Crippen LogP contribution in [-0.2, 0) is 4.79 Å². The predicted molar refractivity (Wildman–Crippen MR) is 42.0 cm³/mol. The molecule has 0 radical (unpaired) electrons. The van der Waals surface area contributed by atoms with Gasteiger partial charge in [0.15, 0.2) is 26.2 Å². The molecule has 0 atom stereocenters. The van der Waals surface area contributed by atoms with Gasteiger partial charge in [-0.15, -0.1) is 0 Å². The number of carboxylic acid groups (broad SMARTS) is 1. The highest BCUT2D eigenvalue weighted by atomic mass is 16.6. The van der Waals surface area contributed by atoms with Crippen LogP contribution in [0.3, 0.4) is 0 Å². The van der Waals surface area contributed by atoms with E-state index in [0.717, 1.165) is 0 Å². The predicted octanol–water partition coefficient (Wildman–Crippen LogP) is -0.874. The van der Waals surface area contributed by atoms with Crippen LogP contribution >= 0.6 is 0 Å². The molecule has 0 aromatic carbocycles. The lowest BCUT2D eigenvalue weighted by atomic mass is 10.3. The first kappa shape index (κ1) is 10.4. The Morgan fingerprint density at radius 1 is 1.23 bits per heavy atom. The van der Waals surface area contributed by atoms with Gasteiger partial charge >= 0.3 is 5.97 Å². The molecule has 1 aliphatic heterocycles. The van der Waals surface area contributed by atoms with E-state index in [9.17, 15) is 15.2 Å². The third-order valence-electron chi connectivity index (χ3n) is 2.43. The van der Waals surface area contributed by atoms with Gasteiger partial charge < -0.3 is 5.11 Å². The summed E-state index contributed by atoms with van der Waals surface area (Å²) >= 11 is 0. The van der Waals surface area contributed by atoms with Crippen LogP contribution in [0.2, 0.25) is 0 Å². The number of hydrogen-bond donors (Lipinski definition) is 3. The SMILES string of the molecule is C[N+]1(O)CC[N+](O)(CC(=O)O)CC1. The number of carboxylic acids is 1. The van der Waals surface area contributed by atoms with Gasteiger partial charge in [-0.2, -0.15) is 9.29 Å². The van der Waals surface area contributed by atoms with Crippen molar-refractivity contribution in [2.45, 2.75) is 0 Å². The van der Waals surface area contributed by atoms with Crippen molar-refractivity contribution in [1.82, 2.24) is 0 Å². The largest absolute Gasteiger partial charge is 0.477 e. The first-order valence-electron chi connectivity index (χ1n) is 4.21. The molecule has 0 unspecified atom stereocenters. The van der Waals surface area contributed by atoms with Crippen molar-refractivity contribution in [3.63, 3.8) is 0 Å². The zero-order chi connectivity index (χ0) is 10.1. The summed E-state index contributed by atoms with van der Waals surface area (Å²) in [7, 11) is 1.64. The lowest BCUT2D eigenvalue weighted by Gasteiger charge is -2.37. The molecule has 3 N–H and O–H groups in total. The minimum atomic E-state index is -1.02. The van der Waals surface area contributed by atoms with Gasteiger partial charge in [0.05, 0.1) is 7.05 Å². The van der Waals surface area contributed by atoms with Crippen molar-refractivity contribution in [2.24, 2.45) is 0 Å². The zero-order valence-corrected chi connectivity index (χ0v) is 7.68. The number of likely N-dealkylation sites (N-methyl/N-ethyl adjacent to an activating group) is 1. The fourth-order valence-corrected chi connectivity index (χ4v) is 1.44. The molecule has 1 saturated heterocycles. The van der Waals surface area contributed by atoms with E-state index in [2.05, 4.69) is 0 Å². The van der Waals surface area contributed by atoms with Crippen molar-refractivity contribution in [3.8, 4) is 0 Å². The Morgan fingerprint density at radius 2 is 1.69 bits per heavy atom. The van der Waals surface area contributed by atoms with Crippen molar-refractivity contribution in [3.05, 3.63) is 0 Å². The quantitative estimate of drug-likeness (QED) is 0.497. The summed E-state index contributed by atoms with van der Waals surface area (Å²) in [6.07, 6.45) is 0. The number of nitrogens with zero attached hydrogens (tertiary/aromatic N) is 2. The molecule has 13 heavy (non-hydrogen) atoms. The van der Waals surface area contributed by atoms with Gasteiger partial charge in [-0.3, -0.25) is 0 Å². The Morgan fingerprint density at radius 3 is 2.08 bits per heavy atom. The molecule has 0 bridgehead atoms. The molecule has 0 spiro atoms. The molecule has 0 aliphatic carbocycles. The second-order valence-electron chi connectivity index (χ2n) is 3.88. The van der Waals surface area contributed by atoms with Crippen molar-refractivity contribution in [2.75, 3.05) is 39.8 Å². The van der Waals surface area contributed by atoms with E-state index in [1.165, 1.54) is 0 Å². The monoisotopic (exact) mass is 192 g/mol. The first-order valence-corrected chi connectivity index (χ1v) is 4.21. The van der Waals surface area contributed by atoms with Crippen LogP contribution in [0.1, 0.15) is 0 Å². The highest BCUT2D eigenvalue weighted by Crippen LogP contribution is 2.12. The highest BCUT2D eigenvalue weighted by molar-refractivity contribution is 5.67. The average Bonchev–Trinajstić information content (AvgIpc) is 1.95. The van der Waals surface area contributed by atoms with Crippen LogP contribution in [0.25, 0.3) is 0 Å². The number of piperazine rings is 1. The van der Waals surface area contributed by atoms with E-state index in [1.54, 1.807) is 7.05 Å². The number of quaternary nitrogens is 2. The fourth-order valence-electron chi connectivity index (χ4n) is 1.44. The molecule has 1 rings (SSSR count). The number of hydrogen-bond acceptors (Lipinski definition) is 3. The highest BCUT2D eigenvalue weighted by Gasteiger charge is 2.40. The van der Waals surface area contributed by atoms with Crippen LogP contribution in [0.15, 0.2) is 0 Å². The van der Waals surface area contributed by atoms with Crippen LogP contribution in [0, 0.1) is 0 Å². The number of carbonyl (C=O) groups is 1. The van der Waals surface area contributed by atoms with E-state index in [-0.39, 0.29) is 24.3 Å². The third kappa shape index (κ3) is 2.92. The van der Waals surface area contributed by atoms with Crippen LogP contribution in [0.5, 0.6) is 0 Å². The van der Waals surface area contributed by atoms with Crippen LogP contribution in [0.4, 0.5) is 0 Å². The second-order valence-corrected chi connectivity index (χ2v) is 3.88. The van der Waals surface area contributed by atoms with Crippen molar-refractivity contribution in [1.29, 1.82) is 0 Å². The van der Waals surface area contributed by atoms with E-state index < -0.39 is 10.6 Å². The van der Waals surface area contributed by atoms with Crippen LogP contribution in [-0.4, -0.2) is 70.6 Å². The summed E-state index contributed by atoms with van der Waals surface area (Å²) in [4.78, 5) is 10.4. The second kappa shape index (κ2) is 3.22. The zero-order valence-electron chi connectivity index (χ0n) is 7.68. The maximum atomic E-state index is 10.4. The molecule has 6 heteroatoms. The molecule has 76 valence electrons. The normalized spacial score (nSPS) is 40.2. The summed E-state index contributed by atoms with van der Waals surface area (Å²) in [6.45, 7) is 1.02. The Balaban J connectivity index is 2.51. The summed E-state index contributed by atoms with van der Waals surface area (Å²) < 4.78 is -0.607. The Labute approximate surface area is 76.3 Å². The summed E-state index contributed by atoms with van der Waals surface area (Å²) in [5, 5.41) is 27.7. The van der Waals surface area contributed by atoms with Gasteiger partial charge in [0.1, 0.15) is 0 Å². The number of rotatable bonds is 2. The fraction of sp³-hybridized carbons (Fsp3) is 0.857. The van der Waals surface area contributed by atoms with Gasteiger partial charge in [0.2, 0.25) is 6.54 Å². The molecule has 1 heterocycles. The van der Waals surface area contributed by atoms with E-state index in [4.69, 9.17) is 5.11 Å². The molecular weight excluding hydrogens is 176 g/mol. The van der Waals surface area contributed by atoms with Gasteiger partial charge in [-0.05, 0) is 0 Å². The van der Waals surface area contributed by atoms with Gasteiger partial charge in [0.25, 0.3) is 0 Å². The number of hydroxylamine groups is 6. The van der Waals surface area contributed by atoms with Gasteiger partial charge in [-0.1, -0.05) is 0 Å². The third-order valence-corrected chi connectivity index (χ3v) is 2.43. The van der Waals surface area contributed by atoms with Crippen LogP contribution < -0.4 is 0 Å². The Kier molecular flexibility index (Phi) is 2.58. The number of aliphatic carboxylic acids is 1. The molecule has 0 amide bonds. The average molecular weight is 192 g/mol. The summed E-state index contributed by atoms with van der Waals surface area (Å²) in [5.74, 6) is -1.02. The molecular formula is C7H16N2O4+2. The molecule has 0 aromatic heterocycles. The lowest BCUT2D eigenvalue weighted by molar-refractivity contribution is -1.18. The van der Waals surface area contributed by atoms with E-state index >= 15 is 0 Å². The van der Waals surface area contributed by atoms with Crippen molar-refractivity contribution >= 4 is 5.97 Å². The summed E-state index contributed by atoms with van der Waals surface area (Å²) in [6, 6.07) is 0. The molecule has 0 aromatic rings. The lowest BCUT2D eigenvalue weighted by Crippen LogP contribution is -2.64. The first-order chi connectivity index (χ1) is 5.83. The van der Waals surface area contributed by atoms with E-state index in [1.807, 2.05) is 0 Å². The maximum Gasteiger partial charge on any atom is 0.362 e. The van der Waals surface area contributed by atoms with Gasteiger partial charge in [0, 0.05) is 0 Å². The van der Waals surface area contributed by atoms with Crippen molar-refractivity contribution < 1.29 is 29.6 Å². The minimum absolute atomic E-state index is 0.139. The maximum absolute atomic E-state index is 10.4. The Bertz CT molecular complexity index is 207. The molecule has 1 fully saturated rings. The standard InChI is InChI=1S/C7H15N2O4/c1-8(12)2-4-9(13,5-3-8)6-7(10)11/h12-13H,2-6H2,1H3/q+1/p+1.